The highest BCUT2D eigenvalue weighted by Gasteiger charge is 2.06. The summed E-state index contributed by atoms with van der Waals surface area (Å²) in [5.74, 6) is -0.161. The van der Waals surface area contributed by atoms with E-state index in [-0.39, 0.29) is 42.5 Å². The van der Waals surface area contributed by atoms with Gasteiger partial charge in [0.2, 0.25) is 5.91 Å². The van der Waals surface area contributed by atoms with Gasteiger partial charge in [-0.1, -0.05) is 36.4 Å². The van der Waals surface area contributed by atoms with Gasteiger partial charge in [-0.2, -0.15) is 0 Å². The fraction of sp³-hybridized carbons (Fsp3) is 0.333. The van der Waals surface area contributed by atoms with Crippen LogP contribution in [0.2, 0.25) is 0 Å². The molecule has 1 atom stereocenters. The van der Waals surface area contributed by atoms with Gasteiger partial charge in [-0.3, -0.25) is 9.79 Å². The molecule has 0 spiro atoms. The maximum absolute atomic E-state index is 13.1. The Hall–Kier alpha value is -2.20. The second-order valence-corrected chi connectivity index (χ2v) is 6.19. The minimum Gasteiger partial charge on any atom is -0.374 e. The molecule has 6 nitrogen and oxygen atoms in total. The fourth-order valence-electron chi connectivity index (χ4n) is 2.52. The molecule has 3 N–H and O–H groups in total. The molecule has 2 aromatic rings. The number of hydrogen-bond donors (Lipinski definition) is 3. The molecule has 29 heavy (non-hydrogen) atoms. The molecular weight excluding hydrogens is 486 g/mol. The van der Waals surface area contributed by atoms with Crippen molar-refractivity contribution in [1.82, 2.24) is 10.6 Å². The highest BCUT2D eigenvalue weighted by Crippen LogP contribution is 2.15. The molecule has 0 aliphatic carbocycles. The summed E-state index contributed by atoms with van der Waals surface area (Å²) < 4.78 is 19.0. The van der Waals surface area contributed by atoms with Crippen LogP contribution in [0.3, 0.4) is 0 Å². The molecule has 0 aliphatic rings. The van der Waals surface area contributed by atoms with E-state index < -0.39 is 5.82 Å². The number of carbonyl (C=O) groups is 1. The predicted molar refractivity (Wildman–Crippen MR) is 125 cm³/mol. The standard InChI is InChI=1S/C21H27FN4O2.HI/c1-16(17-8-4-3-5-9-17)28-13-7-12-24-21(23-2)25-15-20(27)26-19-11-6-10-18(22)14-19;/h3-6,8-11,14,16H,7,12-13,15H2,1-2H3,(H,26,27)(H2,23,24,25);1H. The van der Waals surface area contributed by atoms with Crippen LogP contribution in [-0.2, 0) is 9.53 Å². The van der Waals surface area contributed by atoms with Crippen molar-refractivity contribution in [2.24, 2.45) is 4.99 Å². The number of halogens is 2. The third-order valence-electron chi connectivity index (χ3n) is 4.00. The Labute approximate surface area is 188 Å². The van der Waals surface area contributed by atoms with Crippen LogP contribution in [0.1, 0.15) is 25.0 Å². The molecule has 0 heterocycles. The molecule has 2 rings (SSSR count). The van der Waals surface area contributed by atoms with Crippen LogP contribution < -0.4 is 16.0 Å². The average Bonchev–Trinajstić information content (AvgIpc) is 2.70. The average molecular weight is 514 g/mol. The van der Waals surface area contributed by atoms with Gasteiger partial charge >= 0.3 is 0 Å². The summed E-state index contributed by atoms with van der Waals surface area (Å²) in [6.07, 6.45) is 0.845. The second-order valence-electron chi connectivity index (χ2n) is 6.19. The van der Waals surface area contributed by atoms with Crippen molar-refractivity contribution in [3.8, 4) is 0 Å². The number of anilines is 1. The van der Waals surface area contributed by atoms with Crippen molar-refractivity contribution in [3.05, 3.63) is 66.0 Å². The zero-order valence-corrected chi connectivity index (χ0v) is 19.0. The van der Waals surface area contributed by atoms with Gasteiger partial charge in [-0.15, -0.1) is 24.0 Å². The topological polar surface area (TPSA) is 74.8 Å². The summed E-state index contributed by atoms with van der Waals surface area (Å²) in [6, 6.07) is 15.8. The number of nitrogens with zero attached hydrogens (tertiary/aromatic N) is 1. The van der Waals surface area contributed by atoms with Crippen LogP contribution in [0.5, 0.6) is 0 Å². The van der Waals surface area contributed by atoms with E-state index in [1.54, 1.807) is 19.2 Å². The van der Waals surface area contributed by atoms with E-state index in [0.29, 0.717) is 24.8 Å². The molecule has 0 bridgehead atoms. The number of benzene rings is 2. The first-order valence-corrected chi connectivity index (χ1v) is 9.25. The maximum Gasteiger partial charge on any atom is 0.243 e. The lowest BCUT2D eigenvalue weighted by molar-refractivity contribution is -0.115. The smallest absolute Gasteiger partial charge is 0.243 e. The third-order valence-corrected chi connectivity index (χ3v) is 4.00. The summed E-state index contributed by atoms with van der Waals surface area (Å²) >= 11 is 0. The maximum atomic E-state index is 13.1. The van der Waals surface area contributed by atoms with Crippen molar-refractivity contribution in [2.75, 3.05) is 32.1 Å². The molecule has 0 radical (unpaired) electrons. The van der Waals surface area contributed by atoms with Crippen molar-refractivity contribution >= 4 is 41.5 Å². The Morgan fingerprint density at radius 2 is 1.90 bits per heavy atom. The third kappa shape index (κ3) is 9.71. The van der Waals surface area contributed by atoms with E-state index in [4.69, 9.17) is 4.74 Å². The van der Waals surface area contributed by atoms with Crippen LogP contribution in [-0.4, -0.2) is 38.6 Å². The summed E-state index contributed by atoms with van der Waals surface area (Å²) in [4.78, 5) is 16.0. The molecule has 2 aromatic carbocycles. The molecule has 1 amide bonds. The van der Waals surface area contributed by atoms with E-state index in [1.165, 1.54) is 12.1 Å². The van der Waals surface area contributed by atoms with Gasteiger partial charge in [-0.05, 0) is 37.1 Å². The first-order chi connectivity index (χ1) is 13.6. The zero-order valence-electron chi connectivity index (χ0n) is 16.7. The number of ether oxygens (including phenoxy) is 1. The number of carbonyl (C=O) groups excluding carboxylic acids is 1. The first-order valence-electron chi connectivity index (χ1n) is 9.25. The summed E-state index contributed by atoms with van der Waals surface area (Å²) in [5, 5.41) is 8.67. The molecule has 0 aromatic heterocycles. The predicted octanol–water partition coefficient (Wildman–Crippen LogP) is 3.72. The van der Waals surface area contributed by atoms with E-state index in [0.717, 1.165) is 12.0 Å². The Kier molecular flexibility index (Phi) is 11.9. The van der Waals surface area contributed by atoms with Gasteiger partial charge < -0.3 is 20.7 Å². The first kappa shape index (κ1) is 24.8. The Morgan fingerprint density at radius 3 is 2.59 bits per heavy atom. The number of guanidine groups is 1. The van der Waals surface area contributed by atoms with Crippen LogP contribution in [0, 0.1) is 5.82 Å². The summed E-state index contributed by atoms with van der Waals surface area (Å²) in [6.45, 7) is 3.32. The number of hydrogen-bond acceptors (Lipinski definition) is 3. The summed E-state index contributed by atoms with van der Waals surface area (Å²) in [7, 11) is 1.63. The normalized spacial score (nSPS) is 11.9. The lowest BCUT2D eigenvalue weighted by Crippen LogP contribution is -2.41. The number of aliphatic imine (C=N–C) groups is 1. The molecule has 1 unspecified atom stereocenters. The van der Waals surface area contributed by atoms with Gasteiger partial charge in [0.15, 0.2) is 5.96 Å². The van der Waals surface area contributed by atoms with Crippen molar-refractivity contribution < 1.29 is 13.9 Å². The SMILES string of the molecule is CN=C(NCCCOC(C)c1ccccc1)NCC(=O)Nc1cccc(F)c1.I. The van der Waals surface area contributed by atoms with Crippen LogP contribution >= 0.6 is 24.0 Å². The van der Waals surface area contributed by atoms with Crippen LogP contribution in [0.15, 0.2) is 59.6 Å². The molecule has 8 heteroatoms. The van der Waals surface area contributed by atoms with Crippen LogP contribution in [0.4, 0.5) is 10.1 Å². The molecule has 0 saturated carbocycles. The highest BCUT2D eigenvalue weighted by molar-refractivity contribution is 14.0. The highest BCUT2D eigenvalue weighted by atomic mass is 127. The second kappa shape index (κ2) is 13.9. The van der Waals surface area contributed by atoms with Crippen molar-refractivity contribution in [3.63, 3.8) is 0 Å². The lowest BCUT2D eigenvalue weighted by atomic mass is 10.1. The Balaban J connectivity index is 0.00000420. The Bertz CT molecular complexity index is 774. The number of amides is 1. The van der Waals surface area contributed by atoms with Gasteiger partial charge in [0.25, 0.3) is 0 Å². The lowest BCUT2D eigenvalue weighted by Gasteiger charge is -2.15. The van der Waals surface area contributed by atoms with Crippen LogP contribution in [0.25, 0.3) is 0 Å². The van der Waals surface area contributed by atoms with E-state index in [9.17, 15) is 9.18 Å². The van der Waals surface area contributed by atoms with Gasteiger partial charge in [-0.25, -0.2) is 4.39 Å². The molecular formula is C21H28FIN4O2. The largest absolute Gasteiger partial charge is 0.374 e. The van der Waals surface area contributed by atoms with Gasteiger partial charge in [0.05, 0.1) is 12.6 Å². The Morgan fingerprint density at radius 1 is 1.14 bits per heavy atom. The molecule has 0 saturated heterocycles. The number of nitrogens with one attached hydrogen (secondary N) is 3. The van der Waals surface area contributed by atoms with E-state index in [2.05, 4.69) is 20.9 Å². The molecule has 0 fully saturated rings. The van der Waals surface area contributed by atoms with Crippen molar-refractivity contribution in [2.45, 2.75) is 19.4 Å². The zero-order chi connectivity index (χ0) is 20.2. The van der Waals surface area contributed by atoms with E-state index >= 15 is 0 Å². The molecule has 158 valence electrons. The van der Waals surface area contributed by atoms with Gasteiger partial charge in [0, 0.05) is 25.9 Å². The monoisotopic (exact) mass is 514 g/mol. The van der Waals surface area contributed by atoms with Gasteiger partial charge in [0.1, 0.15) is 5.82 Å². The minimum absolute atomic E-state index is 0. The van der Waals surface area contributed by atoms with Crippen molar-refractivity contribution in [1.29, 1.82) is 0 Å². The summed E-state index contributed by atoms with van der Waals surface area (Å²) in [5.41, 5.74) is 1.57. The quantitative estimate of drug-likeness (QED) is 0.207. The number of rotatable bonds is 9. The van der Waals surface area contributed by atoms with E-state index in [1.807, 2.05) is 37.3 Å². The minimum atomic E-state index is -0.396. The fourth-order valence-corrected chi connectivity index (χ4v) is 2.52. The molecule has 0 aliphatic heterocycles.